The Kier molecular flexibility index (Phi) is 2.38. The number of nitrogens with zero attached hydrogens (tertiary/aromatic N) is 2. The molecule has 1 aromatic heterocycles. The molecule has 2 aromatic rings. The maximum Gasteiger partial charge on any atom is 0.159 e. The highest BCUT2D eigenvalue weighted by Crippen LogP contribution is 2.17. The van der Waals surface area contributed by atoms with Crippen LogP contribution in [0.2, 0.25) is 0 Å². The van der Waals surface area contributed by atoms with Crippen LogP contribution >= 0.6 is 0 Å². The monoisotopic (exact) mass is 211 g/mol. The molecule has 0 radical (unpaired) electrons. The molecule has 0 aliphatic carbocycles. The van der Waals surface area contributed by atoms with Gasteiger partial charge in [0.05, 0.1) is 5.69 Å². The van der Waals surface area contributed by atoms with Crippen molar-refractivity contribution in [3.8, 4) is 11.4 Å². The molecule has 80 valence electrons. The van der Waals surface area contributed by atoms with Crippen LogP contribution in [0.1, 0.15) is 11.3 Å². The first-order chi connectivity index (χ1) is 7.93. The predicted molar refractivity (Wildman–Crippen MR) is 62.9 cm³/mol. The molecule has 3 nitrogen and oxygen atoms in total. The number of nitrogens with one attached hydrogen (secondary N) is 1. The Morgan fingerprint density at radius 1 is 1.12 bits per heavy atom. The number of rotatable bonds is 1. The Balaban J connectivity index is 2.03. The summed E-state index contributed by atoms with van der Waals surface area (Å²) in [6.45, 7) is 1.89. The van der Waals surface area contributed by atoms with E-state index in [1.807, 2.05) is 36.5 Å². The molecule has 0 saturated carbocycles. The van der Waals surface area contributed by atoms with Crippen molar-refractivity contribution in [3.05, 3.63) is 47.8 Å². The van der Waals surface area contributed by atoms with Gasteiger partial charge >= 0.3 is 0 Å². The van der Waals surface area contributed by atoms with Crippen LogP contribution in [0, 0.1) is 0 Å². The maximum absolute atomic E-state index is 4.61. The number of hydrogen-bond acceptors (Lipinski definition) is 3. The van der Waals surface area contributed by atoms with E-state index in [2.05, 4.69) is 15.3 Å². The van der Waals surface area contributed by atoms with E-state index in [0.29, 0.717) is 0 Å². The molecule has 0 atom stereocenters. The van der Waals surface area contributed by atoms with Crippen LogP contribution < -0.4 is 5.32 Å². The molecule has 0 saturated heterocycles. The van der Waals surface area contributed by atoms with Gasteiger partial charge in [0, 0.05) is 18.3 Å². The average molecular weight is 211 g/mol. The van der Waals surface area contributed by atoms with Gasteiger partial charge in [0.25, 0.3) is 0 Å². The van der Waals surface area contributed by atoms with E-state index >= 15 is 0 Å². The molecule has 16 heavy (non-hydrogen) atoms. The lowest BCUT2D eigenvalue weighted by Crippen LogP contribution is -2.25. The van der Waals surface area contributed by atoms with Crippen molar-refractivity contribution in [3.63, 3.8) is 0 Å². The third-order valence-corrected chi connectivity index (χ3v) is 2.85. The summed E-state index contributed by atoms with van der Waals surface area (Å²) < 4.78 is 0. The molecule has 3 rings (SSSR count). The van der Waals surface area contributed by atoms with Crippen molar-refractivity contribution in [1.82, 2.24) is 15.3 Å². The molecular weight excluding hydrogens is 198 g/mol. The van der Waals surface area contributed by atoms with E-state index in [1.165, 1.54) is 5.56 Å². The fraction of sp³-hybridized carbons (Fsp3) is 0.231. The van der Waals surface area contributed by atoms with Crippen molar-refractivity contribution in [2.75, 3.05) is 6.54 Å². The molecular formula is C13H13N3. The van der Waals surface area contributed by atoms with Crippen LogP contribution in [0.25, 0.3) is 11.4 Å². The van der Waals surface area contributed by atoms with Gasteiger partial charge in [0.1, 0.15) is 0 Å². The van der Waals surface area contributed by atoms with Crippen LogP contribution in [0.4, 0.5) is 0 Å². The van der Waals surface area contributed by atoms with Crippen LogP contribution in [0.15, 0.2) is 36.5 Å². The minimum Gasteiger partial charge on any atom is -0.311 e. The SMILES string of the molecule is c1ccc(-c2ncc3c(n2)CNCC3)cc1. The highest BCUT2D eigenvalue weighted by atomic mass is 15.0. The maximum atomic E-state index is 4.61. The van der Waals surface area contributed by atoms with Gasteiger partial charge in [-0.05, 0) is 18.5 Å². The number of benzene rings is 1. The van der Waals surface area contributed by atoms with Crippen LogP contribution in [0.3, 0.4) is 0 Å². The van der Waals surface area contributed by atoms with E-state index in [-0.39, 0.29) is 0 Å². The zero-order valence-corrected chi connectivity index (χ0v) is 8.98. The molecule has 2 heterocycles. The van der Waals surface area contributed by atoms with Crippen molar-refractivity contribution in [1.29, 1.82) is 0 Å². The highest BCUT2D eigenvalue weighted by Gasteiger charge is 2.11. The molecule has 1 aliphatic heterocycles. The first-order valence-electron chi connectivity index (χ1n) is 5.54. The largest absolute Gasteiger partial charge is 0.311 e. The van der Waals surface area contributed by atoms with Gasteiger partial charge in [0.2, 0.25) is 0 Å². The van der Waals surface area contributed by atoms with E-state index in [9.17, 15) is 0 Å². The van der Waals surface area contributed by atoms with Gasteiger partial charge in [-0.3, -0.25) is 0 Å². The lowest BCUT2D eigenvalue weighted by molar-refractivity contribution is 0.624. The standard InChI is InChI=1S/C13H13N3/c1-2-4-10(5-3-1)13-15-8-11-6-7-14-9-12(11)16-13/h1-5,8,14H,6-7,9H2. The molecule has 0 unspecified atom stereocenters. The van der Waals surface area contributed by atoms with Gasteiger partial charge in [0.15, 0.2) is 5.82 Å². The molecule has 0 bridgehead atoms. The summed E-state index contributed by atoms with van der Waals surface area (Å²) in [7, 11) is 0. The van der Waals surface area contributed by atoms with Gasteiger partial charge in [-0.25, -0.2) is 9.97 Å². The summed E-state index contributed by atoms with van der Waals surface area (Å²) in [5.41, 5.74) is 3.49. The van der Waals surface area contributed by atoms with Crippen molar-refractivity contribution < 1.29 is 0 Å². The summed E-state index contributed by atoms with van der Waals surface area (Å²) >= 11 is 0. The van der Waals surface area contributed by atoms with Gasteiger partial charge in [-0.2, -0.15) is 0 Å². The Morgan fingerprint density at radius 3 is 2.88 bits per heavy atom. The van der Waals surface area contributed by atoms with Crippen molar-refractivity contribution >= 4 is 0 Å². The molecule has 0 spiro atoms. The second kappa shape index (κ2) is 4.02. The predicted octanol–water partition coefficient (Wildman–Crippen LogP) is 1.79. The highest BCUT2D eigenvalue weighted by molar-refractivity contribution is 5.54. The summed E-state index contributed by atoms with van der Waals surface area (Å²) in [4.78, 5) is 9.03. The minimum absolute atomic E-state index is 0.822. The lowest BCUT2D eigenvalue weighted by atomic mass is 10.1. The molecule has 1 aliphatic rings. The van der Waals surface area contributed by atoms with E-state index in [4.69, 9.17) is 0 Å². The summed E-state index contributed by atoms with van der Waals surface area (Å²) in [6, 6.07) is 10.1. The van der Waals surface area contributed by atoms with E-state index in [0.717, 1.165) is 36.6 Å². The van der Waals surface area contributed by atoms with Gasteiger partial charge < -0.3 is 5.32 Å². The van der Waals surface area contributed by atoms with E-state index < -0.39 is 0 Å². The Morgan fingerprint density at radius 2 is 2.00 bits per heavy atom. The first-order valence-corrected chi connectivity index (χ1v) is 5.54. The lowest BCUT2D eigenvalue weighted by Gasteiger charge is -2.15. The molecule has 3 heteroatoms. The number of aromatic nitrogens is 2. The van der Waals surface area contributed by atoms with Crippen molar-refractivity contribution in [2.45, 2.75) is 13.0 Å². The minimum atomic E-state index is 0.822. The molecule has 0 amide bonds. The van der Waals surface area contributed by atoms with Gasteiger partial charge in [-0.15, -0.1) is 0 Å². The zero-order chi connectivity index (χ0) is 10.8. The summed E-state index contributed by atoms with van der Waals surface area (Å²) in [6.07, 6.45) is 3.00. The van der Waals surface area contributed by atoms with Gasteiger partial charge in [-0.1, -0.05) is 30.3 Å². The Labute approximate surface area is 94.6 Å². The number of fused-ring (bicyclic) bond motifs is 1. The molecule has 0 fully saturated rings. The summed E-state index contributed by atoms with van der Waals surface area (Å²) in [5.74, 6) is 0.822. The number of hydrogen-bond donors (Lipinski definition) is 1. The summed E-state index contributed by atoms with van der Waals surface area (Å²) in [5, 5.41) is 3.33. The third kappa shape index (κ3) is 1.70. The molecule has 1 aromatic carbocycles. The van der Waals surface area contributed by atoms with Crippen LogP contribution in [0.5, 0.6) is 0 Å². The molecule has 1 N–H and O–H groups in total. The van der Waals surface area contributed by atoms with Crippen LogP contribution in [-0.4, -0.2) is 16.5 Å². The van der Waals surface area contributed by atoms with Crippen molar-refractivity contribution in [2.24, 2.45) is 0 Å². The second-order valence-corrected chi connectivity index (χ2v) is 3.96. The fourth-order valence-corrected chi connectivity index (χ4v) is 1.96. The first kappa shape index (κ1) is 9.48. The third-order valence-electron chi connectivity index (χ3n) is 2.85. The fourth-order valence-electron chi connectivity index (χ4n) is 1.96. The smallest absolute Gasteiger partial charge is 0.159 e. The van der Waals surface area contributed by atoms with Crippen LogP contribution in [-0.2, 0) is 13.0 Å². The normalized spacial score (nSPS) is 14.5. The second-order valence-electron chi connectivity index (χ2n) is 3.96. The Bertz CT molecular complexity index is 494. The Hall–Kier alpha value is -1.74. The quantitative estimate of drug-likeness (QED) is 0.781. The van der Waals surface area contributed by atoms with E-state index in [1.54, 1.807) is 0 Å². The topological polar surface area (TPSA) is 37.8 Å². The zero-order valence-electron chi connectivity index (χ0n) is 8.98. The average Bonchev–Trinajstić information content (AvgIpc) is 2.39.